The molecule has 0 radical (unpaired) electrons. The Bertz CT molecular complexity index is 174. The molecule has 0 unspecified atom stereocenters. The van der Waals surface area contributed by atoms with Crippen molar-refractivity contribution in [3.8, 4) is 0 Å². The highest BCUT2D eigenvalue weighted by atomic mass is 32.2. The minimum Gasteiger partial charge on any atom is -0.330 e. The number of sulfonamides is 1. The molecule has 0 saturated carbocycles. The van der Waals surface area contributed by atoms with Crippen molar-refractivity contribution in [3.05, 3.63) is 0 Å². The quantitative estimate of drug-likeness (QED) is 0.596. The Morgan fingerprint density at radius 2 is 1.90 bits per heavy atom. The Labute approximate surface area is 62.1 Å². The molecule has 10 heavy (non-hydrogen) atoms. The molecule has 0 saturated heterocycles. The molecule has 0 aromatic carbocycles. The van der Waals surface area contributed by atoms with Crippen molar-refractivity contribution in [1.29, 1.82) is 0 Å². The van der Waals surface area contributed by atoms with E-state index in [2.05, 4.69) is 0 Å². The van der Waals surface area contributed by atoms with E-state index in [1.807, 2.05) is 0 Å². The van der Waals surface area contributed by atoms with E-state index < -0.39 is 10.0 Å². The summed E-state index contributed by atoms with van der Waals surface area (Å²) in [7, 11) is 0.0324. The van der Waals surface area contributed by atoms with Crippen molar-refractivity contribution in [1.82, 2.24) is 4.31 Å². The molecule has 0 aliphatic heterocycles. The summed E-state index contributed by atoms with van der Waals surface area (Å²) in [6, 6.07) is 0. The summed E-state index contributed by atoms with van der Waals surface area (Å²) in [4.78, 5) is 0. The summed E-state index contributed by atoms with van der Waals surface area (Å²) < 4.78 is 23.1. The zero-order valence-corrected chi connectivity index (χ0v) is 7.19. The lowest BCUT2D eigenvalue weighted by molar-refractivity contribution is 0.519. The molecule has 0 bridgehead atoms. The van der Waals surface area contributed by atoms with Crippen LogP contribution in [0.5, 0.6) is 0 Å². The third-order valence-electron chi connectivity index (χ3n) is 1.16. The van der Waals surface area contributed by atoms with Crippen molar-refractivity contribution >= 4 is 10.0 Å². The van der Waals surface area contributed by atoms with Gasteiger partial charge in [0, 0.05) is 14.1 Å². The topological polar surface area (TPSA) is 63.4 Å². The molecular formula is C5H14N2O2S. The average Bonchev–Trinajstić information content (AvgIpc) is 1.84. The molecule has 0 atom stereocenters. The molecule has 0 heterocycles. The van der Waals surface area contributed by atoms with Gasteiger partial charge in [0.25, 0.3) is 0 Å². The Hall–Kier alpha value is -0.130. The SMILES string of the molecule is CN(C)S(=O)(=O)CCCN. The fourth-order valence-corrected chi connectivity index (χ4v) is 1.34. The molecule has 2 N–H and O–H groups in total. The van der Waals surface area contributed by atoms with Gasteiger partial charge in [0.2, 0.25) is 10.0 Å². The van der Waals surface area contributed by atoms with Crippen LogP contribution >= 0.6 is 0 Å². The summed E-state index contributed by atoms with van der Waals surface area (Å²) in [5.41, 5.74) is 5.15. The first kappa shape index (κ1) is 9.87. The van der Waals surface area contributed by atoms with Crippen molar-refractivity contribution < 1.29 is 8.42 Å². The first-order chi connectivity index (χ1) is 4.50. The Morgan fingerprint density at radius 1 is 1.40 bits per heavy atom. The molecule has 4 nitrogen and oxygen atoms in total. The maximum Gasteiger partial charge on any atom is 0.213 e. The third kappa shape index (κ3) is 3.14. The monoisotopic (exact) mass is 166 g/mol. The largest absolute Gasteiger partial charge is 0.330 e. The number of nitrogens with two attached hydrogens (primary N) is 1. The summed E-state index contributed by atoms with van der Waals surface area (Å²) in [6.07, 6.45) is 0.528. The van der Waals surface area contributed by atoms with Crippen molar-refractivity contribution in [2.75, 3.05) is 26.4 Å². The van der Waals surface area contributed by atoms with E-state index in [9.17, 15) is 8.42 Å². The van der Waals surface area contributed by atoms with E-state index in [0.29, 0.717) is 13.0 Å². The molecule has 0 rings (SSSR count). The molecule has 0 aromatic rings. The molecule has 0 aliphatic carbocycles. The second-order valence-corrected chi connectivity index (χ2v) is 4.54. The molecule has 5 heteroatoms. The normalized spacial score (nSPS) is 12.4. The van der Waals surface area contributed by atoms with Crippen molar-refractivity contribution in [2.45, 2.75) is 6.42 Å². The lowest BCUT2D eigenvalue weighted by Gasteiger charge is -2.09. The first-order valence-electron chi connectivity index (χ1n) is 3.11. The highest BCUT2D eigenvalue weighted by Crippen LogP contribution is 1.94. The summed E-state index contributed by atoms with van der Waals surface area (Å²) in [6.45, 7) is 0.424. The van der Waals surface area contributed by atoms with Gasteiger partial charge in [0.15, 0.2) is 0 Å². The minimum absolute atomic E-state index is 0.149. The van der Waals surface area contributed by atoms with E-state index in [1.54, 1.807) is 0 Å². The van der Waals surface area contributed by atoms with Crippen LogP contribution in [-0.4, -0.2) is 39.1 Å². The van der Waals surface area contributed by atoms with E-state index in [-0.39, 0.29) is 5.75 Å². The Balaban J connectivity index is 3.90. The molecular weight excluding hydrogens is 152 g/mol. The van der Waals surface area contributed by atoms with E-state index in [0.717, 1.165) is 0 Å². The van der Waals surface area contributed by atoms with Crippen LogP contribution in [0.3, 0.4) is 0 Å². The molecule has 0 aliphatic rings. The molecule has 0 fully saturated rings. The van der Waals surface area contributed by atoms with Crippen molar-refractivity contribution in [2.24, 2.45) is 5.73 Å². The predicted molar refractivity (Wildman–Crippen MR) is 41.1 cm³/mol. The average molecular weight is 166 g/mol. The molecule has 0 spiro atoms. The third-order valence-corrected chi connectivity index (χ3v) is 3.08. The minimum atomic E-state index is -3.01. The van der Waals surface area contributed by atoms with Gasteiger partial charge in [-0.2, -0.15) is 0 Å². The predicted octanol–water partition coefficient (Wildman–Crippen LogP) is -0.773. The van der Waals surface area contributed by atoms with Crippen LogP contribution in [0.2, 0.25) is 0 Å². The number of hydrogen-bond donors (Lipinski definition) is 1. The number of nitrogens with zero attached hydrogens (tertiary/aromatic N) is 1. The van der Waals surface area contributed by atoms with Crippen LogP contribution in [0.15, 0.2) is 0 Å². The van der Waals surface area contributed by atoms with Crippen LogP contribution in [0.4, 0.5) is 0 Å². The second-order valence-electron chi connectivity index (χ2n) is 2.24. The second kappa shape index (κ2) is 3.90. The van der Waals surface area contributed by atoms with Gasteiger partial charge in [0.05, 0.1) is 5.75 Å². The van der Waals surface area contributed by atoms with Gasteiger partial charge in [-0.05, 0) is 13.0 Å². The maximum atomic E-state index is 11.0. The van der Waals surface area contributed by atoms with Gasteiger partial charge < -0.3 is 5.73 Å². The summed E-state index contributed by atoms with van der Waals surface area (Å²) in [5, 5.41) is 0. The van der Waals surface area contributed by atoms with Crippen LogP contribution in [0, 0.1) is 0 Å². The van der Waals surface area contributed by atoms with E-state index >= 15 is 0 Å². The van der Waals surface area contributed by atoms with Crippen molar-refractivity contribution in [3.63, 3.8) is 0 Å². The van der Waals surface area contributed by atoms with Crippen LogP contribution < -0.4 is 5.73 Å². The van der Waals surface area contributed by atoms with Gasteiger partial charge in [-0.25, -0.2) is 12.7 Å². The fraction of sp³-hybridized carbons (Fsp3) is 1.00. The number of rotatable bonds is 4. The highest BCUT2D eigenvalue weighted by Gasteiger charge is 2.11. The van der Waals surface area contributed by atoms with E-state index in [4.69, 9.17) is 5.73 Å². The lowest BCUT2D eigenvalue weighted by atomic mass is 10.5. The molecule has 0 amide bonds. The standard InChI is InChI=1S/C5H14N2O2S/c1-7(2)10(8,9)5-3-4-6/h3-6H2,1-2H3. The zero-order valence-electron chi connectivity index (χ0n) is 6.37. The van der Waals surface area contributed by atoms with Gasteiger partial charge in [-0.3, -0.25) is 0 Å². The Morgan fingerprint density at radius 3 is 2.20 bits per heavy atom. The molecule has 0 aromatic heterocycles. The van der Waals surface area contributed by atoms with Crippen LogP contribution in [0.1, 0.15) is 6.42 Å². The first-order valence-corrected chi connectivity index (χ1v) is 4.72. The van der Waals surface area contributed by atoms with Crippen LogP contribution in [-0.2, 0) is 10.0 Å². The van der Waals surface area contributed by atoms with Gasteiger partial charge in [0.1, 0.15) is 0 Å². The maximum absolute atomic E-state index is 11.0. The van der Waals surface area contributed by atoms with Crippen LogP contribution in [0.25, 0.3) is 0 Å². The summed E-state index contributed by atoms with van der Waals surface area (Å²) in [5.74, 6) is 0.149. The van der Waals surface area contributed by atoms with Gasteiger partial charge in [-0.1, -0.05) is 0 Å². The number of hydrogen-bond acceptors (Lipinski definition) is 3. The zero-order chi connectivity index (χ0) is 8.20. The van der Waals surface area contributed by atoms with E-state index in [1.165, 1.54) is 18.4 Å². The highest BCUT2D eigenvalue weighted by molar-refractivity contribution is 7.89. The smallest absolute Gasteiger partial charge is 0.213 e. The van der Waals surface area contributed by atoms with Gasteiger partial charge in [-0.15, -0.1) is 0 Å². The Kier molecular flexibility index (Phi) is 3.85. The summed E-state index contributed by atoms with van der Waals surface area (Å²) >= 11 is 0. The fourth-order valence-electron chi connectivity index (χ4n) is 0.448. The lowest BCUT2D eigenvalue weighted by Crippen LogP contribution is -2.26. The molecule has 62 valence electrons. The van der Waals surface area contributed by atoms with Gasteiger partial charge >= 0.3 is 0 Å².